The lowest BCUT2D eigenvalue weighted by Crippen LogP contribution is -2.17. The number of amides is 1. The van der Waals surface area contributed by atoms with E-state index in [1.54, 1.807) is 0 Å². The summed E-state index contributed by atoms with van der Waals surface area (Å²) in [4.78, 5) is 24.7. The Kier molecular flexibility index (Phi) is 6.96. The number of nitrogens with one attached hydrogen (secondary N) is 1. The molecule has 0 aliphatic heterocycles. The van der Waals surface area contributed by atoms with Crippen LogP contribution in [0.2, 0.25) is 0 Å². The molecule has 1 N–H and O–H groups in total. The predicted molar refractivity (Wildman–Crippen MR) is 110 cm³/mol. The number of ether oxygens (including phenoxy) is 1. The smallest absolute Gasteiger partial charge is 0.228 e. The summed E-state index contributed by atoms with van der Waals surface area (Å²) in [7, 11) is 0. The molecule has 0 saturated carbocycles. The average molecular weight is 373 g/mol. The molecule has 28 heavy (non-hydrogen) atoms. The maximum absolute atomic E-state index is 12.3. The van der Waals surface area contributed by atoms with E-state index < -0.39 is 0 Å². The van der Waals surface area contributed by atoms with Crippen molar-refractivity contribution in [3.63, 3.8) is 0 Å². The molecule has 142 valence electrons. The highest BCUT2D eigenvalue weighted by molar-refractivity contribution is 5.94. The normalized spacial score (nSPS) is 10.3. The van der Waals surface area contributed by atoms with E-state index in [1.807, 2.05) is 84.9 Å². The number of hydrogen-bond donors (Lipinski definition) is 1. The number of Topliss-reactive ketones (excluding diaryl/α,β-unsaturated/α-hetero) is 1. The summed E-state index contributed by atoms with van der Waals surface area (Å²) >= 11 is 0. The van der Waals surface area contributed by atoms with Crippen LogP contribution in [0.3, 0.4) is 0 Å². The van der Waals surface area contributed by atoms with Crippen LogP contribution in [0, 0.1) is 0 Å². The van der Waals surface area contributed by atoms with Crippen molar-refractivity contribution < 1.29 is 14.3 Å². The molecule has 0 unspecified atom stereocenters. The van der Waals surface area contributed by atoms with Gasteiger partial charge in [-0.2, -0.15) is 0 Å². The van der Waals surface area contributed by atoms with Crippen molar-refractivity contribution in [2.75, 3.05) is 11.9 Å². The van der Waals surface area contributed by atoms with Gasteiger partial charge in [0.2, 0.25) is 5.91 Å². The van der Waals surface area contributed by atoms with Crippen molar-refractivity contribution in [2.24, 2.45) is 0 Å². The second-order valence-corrected chi connectivity index (χ2v) is 6.49. The number of benzene rings is 3. The summed E-state index contributed by atoms with van der Waals surface area (Å²) in [6.07, 6.45) is 0.884. The van der Waals surface area contributed by atoms with Crippen molar-refractivity contribution in [1.29, 1.82) is 0 Å². The molecule has 0 saturated heterocycles. The SMILES string of the molecule is O=C(CCOc1ccccc1)Cc1ccccc1NC(=O)Cc1ccccc1. The summed E-state index contributed by atoms with van der Waals surface area (Å²) in [5, 5.41) is 2.92. The lowest BCUT2D eigenvalue weighted by molar-refractivity contribution is -0.119. The predicted octanol–water partition coefficient (Wildman–Crippen LogP) is 4.45. The number of carbonyl (C=O) groups is 2. The van der Waals surface area contributed by atoms with Gasteiger partial charge in [-0.1, -0.05) is 66.7 Å². The van der Waals surface area contributed by atoms with Gasteiger partial charge in [-0.05, 0) is 29.3 Å². The largest absolute Gasteiger partial charge is 0.493 e. The molecule has 1 amide bonds. The van der Waals surface area contributed by atoms with Gasteiger partial charge in [0, 0.05) is 18.5 Å². The van der Waals surface area contributed by atoms with Crippen LogP contribution in [0.4, 0.5) is 5.69 Å². The quantitative estimate of drug-likeness (QED) is 0.603. The van der Waals surface area contributed by atoms with Crippen LogP contribution >= 0.6 is 0 Å². The Morgan fingerprint density at radius 2 is 1.39 bits per heavy atom. The van der Waals surface area contributed by atoms with Gasteiger partial charge < -0.3 is 10.1 Å². The Morgan fingerprint density at radius 1 is 0.750 bits per heavy atom. The third-order valence-electron chi connectivity index (χ3n) is 4.28. The van der Waals surface area contributed by atoms with E-state index in [2.05, 4.69) is 5.32 Å². The summed E-state index contributed by atoms with van der Waals surface area (Å²) in [6, 6.07) is 26.4. The number of para-hydroxylation sites is 2. The highest BCUT2D eigenvalue weighted by Gasteiger charge is 2.11. The lowest BCUT2D eigenvalue weighted by atomic mass is 10.0. The van der Waals surface area contributed by atoms with Crippen LogP contribution in [-0.4, -0.2) is 18.3 Å². The molecule has 3 aromatic rings. The first-order valence-corrected chi connectivity index (χ1v) is 9.32. The van der Waals surface area contributed by atoms with Gasteiger partial charge in [0.15, 0.2) is 0 Å². The van der Waals surface area contributed by atoms with Crippen molar-refractivity contribution >= 4 is 17.4 Å². The molecular formula is C24H23NO3. The molecular weight excluding hydrogens is 350 g/mol. The fraction of sp³-hybridized carbons (Fsp3) is 0.167. The molecule has 0 aliphatic carbocycles. The molecule has 4 nitrogen and oxygen atoms in total. The fourth-order valence-electron chi connectivity index (χ4n) is 2.87. The highest BCUT2D eigenvalue weighted by atomic mass is 16.5. The Labute approximate surface area is 165 Å². The van der Waals surface area contributed by atoms with Crippen molar-refractivity contribution in [1.82, 2.24) is 0 Å². The molecule has 0 fully saturated rings. The molecule has 3 aromatic carbocycles. The van der Waals surface area contributed by atoms with Crippen molar-refractivity contribution in [3.8, 4) is 5.75 Å². The van der Waals surface area contributed by atoms with Gasteiger partial charge >= 0.3 is 0 Å². The molecule has 3 rings (SSSR count). The topological polar surface area (TPSA) is 55.4 Å². The molecule has 0 aromatic heterocycles. The Hall–Kier alpha value is -3.40. The van der Waals surface area contributed by atoms with Gasteiger partial charge in [-0.25, -0.2) is 0 Å². The minimum Gasteiger partial charge on any atom is -0.493 e. The lowest BCUT2D eigenvalue weighted by Gasteiger charge is -2.11. The zero-order valence-corrected chi connectivity index (χ0v) is 15.6. The first-order chi connectivity index (χ1) is 13.7. The summed E-state index contributed by atoms with van der Waals surface area (Å²) in [6.45, 7) is 0.339. The summed E-state index contributed by atoms with van der Waals surface area (Å²) < 4.78 is 5.58. The van der Waals surface area contributed by atoms with Gasteiger partial charge in [0.1, 0.15) is 11.5 Å². The minimum atomic E-state index is -0.0986. The van der Waals surface area contributed by atoms with E-state index in [0.717, 1.165) is 16.9 Å². The fourth-order valence-corrected chi connectivity index (χ4v) is 2.87. The van der Waals surface area contributed by atoms with E-state index in [-0.39, 0.29) is 18.1 Å². The second-order valence-electron chi connectivity index (χ2n) is 6.49. The van der Waals surface area contributed by atoms with E-state index in [4.69, 9.17) is 4.74 Å². The number of rotatable bonds is 9. The maximum Gasteiger partial charge on any atom is 0.228 e. The third kappa shape index (κ3) is 6.09. The van der Waals surface area contributed by atoms with E-state index in [9.17, 15) is 9.59 Å². The standard InChI is InChI=1S/C24H23NO3/c26-21(15-16-28-22-12-5-2-6-13-22)18-20-11-7-8-14-23(20)25-24(27)17-19-9-3-1-4-10-19/h1-14H,15-18H2,(H,25,27). The Morgan fingerprint density at radius 3 is 2.14 bits per heavy atom. The van der Waals surface area contributed by atoms with Crippen LogP contribution < -0.4 is 10.1 Å². The van der Waals surface area contributed by atoms with Gasteiger partial charge in [0.25, 0.3) is 0 Å². The summed E-state index contributed by atoms with van der Waals surface area (Å²) in [5.74, 6) is 0.725. The average Bonchev–Trinajstić information content (AvgIpc) is 2.71. The van der Waals surface area contributed by atoms with Gasteiger partial charge in [-0.3, -0.25) is 9.59 Å². The first-order valence-electron chi connectivity index (χ1n) is 9.32. The molecule has 0 atom stereocenters. The van der Waals surface area contributed by atoms with Crippen molar-refractivity contribution in [3.05, 3.63) is 96.1 Å². The number of ketones is 1. The zero-order valence-electron chi connectivity index (χ0n) is 15.6. The maximum atomic E-state index is 12.3. The molecule has 0 spiro atoms. The van der Waals surface area contributed by atoms with Gasteiger partial charge in [0.05, 0.1) is 13.0 Å². The molecule has 0 bridgehead atoms. The number of carbonyl (C=O) groups excluding carboxylic acids is 2. The van der Waals surface area contributed by atoms with E-state index >= 15 is 0 Å². The number of hydrogen-bond acceptors (Lipinski definition) is 3. The molecule has 4 heteroatoms. The van der Waals surface area contributed by atoms with Crippen LogP contribution in [0.15, 0.2) is 84.9 Å². The molecule has 0 heterocycles. The molecule has 0 radical (unpaired) electrons. The number of anilines is 1. The van der Waals surface area contributed by atoms with Crippen LogP contribution in [-0.2, 0) is 22.4 Å². The van der Waals surface area contributed by atoms with E-state index in [0.29, 0.717) is 25.1 Å². The third-order valence-corrected chi connectivity index (χ3v) is 4.28. The van der Waals surface area contributed by atoms with Crippen LogP contribution in [0.25, 0.3) is 0 Å². The van der Waals surface area contributed by atoms with Gasteiger partial charge in [-0.15, -0.1) is 0 Å². The highest BCUT2D eigenvalue weighted by Crippen LogP contribution is 2.17. The first kappa shape index (κ1) is 19.4. The summed E-state index contributed by atoms with van der Waals surface area (Å²) in [5.41, 5.74) is 2.45. The molecule has 0 aliphatic rings. The van der Waals surface area contributed by atoms with Crippen molar-refractivity contribution in [2.45, 2.75) is 19.3 Å². The Bertz CT molecular complexity index is 907. The van der Waals surface area contributed by atoms with Crippen LogP contribution in [0.5, 0.6) is 5.75 Å². The Balaban J connectivity index is 1.52. The van der Waals surface area contributed by atoms with Crippen LogP contribution in [0.1, 0.15) is 17.5 Å². The monoisotopic (exact) mass is 373 g/mol. The zero-order chi connectivity index (χ0) is 19.6. The minimum absolute atomic E-state index is 0.0701. The van der Waals surface area contributed by atoms with E-state index in [1.165, 1.54) is 0 Å². The second kappa shape index (κ2) is 10.1.